The smallest absolute Gasteiger partial charge is 0.133 e. The maximum atomic E-state index is 5.47. The Labute approximate surface area is 83.1 Å². The van der Waals surface area contributed by atoms with Gasteiger partial charge in [0.1, 0.15) is 11.1 Å². The standard InChI is InChI=1S/C10H15NOS/c1-7-4-6-12-9(7)10-11-5-3-8(2)13-10/h4,6,8,10-11H,3,5H2,1-2H3. The first-order valence-electron chi connectivity index (χ1n) is 4.70. The van der Waals surface area contributed by atoms with E-state index in [2.05, 4.69) is 19.2 Å². The molecule has 2 nitrogen and oxygen atoms in total. The molecule has 2 atom stereocenters. The molecule has 1 aromatic heterocycles. The number of thioether (sulfide) groups is 1. The first-order valence-corrected chi connectivity index (χ1v) is 5.64. The highest BCUT2D eigenvalue weighted by Crippen LogP contribution is 2.35. The summed E-state index contributed by atoms with van der Waals surface area (Å²) in [6.45, 7) is 5.47. The molecule has 0 spiro atoms. The van der Waals surface area contributed by atoms with Crippen molar-refractivity contribution in [3.05, 3.63) is 23.7 Å². The second-order valence-corrected chi connectivity index (χ2v) is 5.09. The minimum Gasteiger partial charge on any atom is -0.466 e. The second kappa shape index (κ2) is 3.76. The Balaban J connectivity index is 2.12. The topological polar surface area (TPSA) is 25.2 Å². The zero-order valence-corrected chi connectivity index (χ0v) is 8.86. The first-order chi connectivity index (χ1) is 6.27. The molecule has 1 N–H and O–H groups in total. The molecule has 2 rings (SSSR count). The van der Waals surface area contributed by atoms with Crippen molar-refractivity contribution < 1.29 is 4.42 Å². The van der Waals surface area contributed by atoms with Gasteiger partial charge in [0.05, 0.1) is 6.26 Å². The molecule has 0 amide bonds. The highest BCUT2D eigenvalue weighted by Gasteiger charge is 2.23. The lowest BCUT2D eigenvalue weighted by Gasteiger charge is -2.26. The van der Waals surface area contributed by atoms with E-state index in [1.54, 1.807) is 6.26 Å². The van der Waals surface area contributed by atoms with Crippen molar-refractivity contribution in [2.24, 2.45) is 0 Å². The lowest BCUT2D eigenvalue weighted by molar-refractivity contribution is 0.463. The summed E-state index contributed by atoms with van der Waals surface area (Å²) in [7, 11) is 0. The molecule has 1 aromatic rings. The zero-order valence-electron chi connectivity index (χ0n) is 8.04. The third-order valence-corrected chi connectivity index (χ3v) is 3.74. The van der Waals surface area contributed by atoms with Gasteiger partial charge in [0.25, 0.3) is 0 Å². The number of hydrogen-bond donors (Lipinski definition) is 1. The van der Waals surface area contributed by atoms with Gasteiger partial charge in [0, 0.05) is 5.25 Å². The van der Waals surface area contributed by atoms with Gasteiger partial charge in [0.2, 0.25) is 0 Å². The van der Waals surface area contributed by atoms with Gasteiger partial charge in [-0.3, -0.25) is 5.32 Å². The third-order valence-electron chi connectivity index (χ3n) is 2.39. The van der Waals surface area contributed by atoms with Gasteiger partial charge in [-0.05, 0) is 31.5 Å². The average Bonchev–Trinajstić information content (AvgIpc) is 2.51. The summed E-state index contributed by atoms with van der Waals surface area (Å²) < 4.78 is 5.47. The van der Waals surface area contributed by atoms with Crippen LogP contribution in [-0.2, 0) is 0 Å². The Bertz CT molecular complexity index is 284. The quantitative estimate of drug-likeness (QED) is 0.749. The van der Waals surface area contributed by atoms with Crippen LogP contribution in [0.4, 0.5) is 0 Å². The molecule has 0 aliphatic carbocycles. The van der Waals surface area contributed by atoms with Crippen LogP contribution >= 0.6 is 11.8 Å². The van der Waals surface area contributed by atoms with Crippen molar-refractivity contribution in [1.82, 2.24) is 5.32 Å². The van der Waals surface area contributed by atoms with E-state index in [1.165, 1.54) is 12.0 Å². The largest absolute Gasteiger partial charge is 0.466 e. The van der Waals surface area contributed by atoms with Crippen molar-refractivity contribution >= 4 is 11.8 Å². The van der Waals surface area contributed by atoms with Crippen molar-refractivity contribution in [1.29, 1.82) is 0 Å². The van der Waals surface area contributed by atoms with Crippen LogP contribution < -0.4 is 5.32 Å². The lowest BCUT2D eigenvalue weighted by atomic mass is 10.2. The Hall–Kier alpha value is -0.410. The van der Waals surface area contributed by atoms with Crippen LogP contribution in [-0.4, -0.2) is 11.8 Å². The summed E-state index contributed by atoms with van der Waals surface area (Å²) in [5, 5.41) is 4.55. The van der Waals surface area contributed by atoms with Crippen molar-refractivity contribution in [2.45, 2.75) is 30.9 Å². The molecule has 0 bridgehead atoms. The summed E-state index contributed by atoms with van der Waals surface area (Å²) in [4.78, 5) is 0. The summed E-state index contributed by atoms with van der Waals surface area (Å²) in [5.74, 6) is 1.09. The minimum atomic E-state index is 0.360. The van der Waals surface area contributed by atoms with E-state index in [0.717, 1.165) is 17.6 Å². The molecular weight excluding hydrogens is 182 g/mol. The Morgan fingerprint density at radius 3 is 3.08 bits per heavy atom. The SMILES string of the molecule is Cc1ccoc1C1NCCC(C)S1. The van der Waals surface area contributed by atoms with Gasteiger partial charge in [-0.1, -0.05) is 6.92 Å². The Morgan fingerprint density at radius 2 is 2.46 bits per heavy atom. The number of furan rings is 1. The third kappa shape index (κ3) is 1.92. The van der Waals surface area contributed by atoms with Gasteiger partial charge in [-0.2, -0.15) is 0 Å². The van der Waals surface area contributed by atoms with Gasteiger partial charge in [0.15, 0.2) is 0 Å². The number of nitrogens with one attached hydrogen (secondary N) is 1. The summed E-state index contributed by atoms with van der Waals surface area (Å²) in [6, 6.07) is 2.02. The predicted octanol–water partition coefficient (Wildman–Crippen LogP) is 2.70. The summed E-state index contributed by atoms with van der Waals surface area (Å²) in [5.41, 5.74) is 1.25. The van der Waals surface area contributed by atoms with E-state index in [4.69, 9.17) is 4.42 Å². The van der Waals surface area contributed by atoms with Crippen LogP contribution in [0.25, 0.3) is 0 Å². The maximum absolute atomic E-state index is 5.47. The van der Waals surface area contributed by atoms with Gasteiger partial charge in [-0.15, -0.1) is 11.8 Å². The van der Waals surface area contributed by atoms with E-state index < -0.39 is 0 Å². The zero-order chi connectivity index (χ0) is 9.26. The fourth-order valence-corrected chi connectivity index (χ4v) is 2.87. The van der Waals surface area contributed by atoms with E-state index in [0.29, 0.717) is 5.37 Å². The van der Waals surface area contributed by atoms with Gasteiger partial charge < -0.3 is 4.42 Å². The summed E-state index contributed by atoms with van der Waals surface area (Å²) in [6.07, 6.45) is 3.02. The molecule has 0 aromatic carbocycles. The highest BCUT2D eigenvalue weighted by atomic mass is 32.2. The minimum absolute atomic E-state index is 0.360. The molecule has 13 heavy (non-hydrogen) atoms. The van der Waals surface area contributed by atoms with Gasteiger partial charge in [-0.25, -0.2) is 0 Å². The van der Waals surface area contributed by atoms with E-state index in [9.17, 15) is 0 Å². The van der Waals surface area contributed by atoms with E-state index >= 15 is 0 Å². The van der Waals surface area contributed by atoms with Crippen LogP contribution in [0.5, 0.6) is 0 Å². The molecule has 1 aliphatic rings. The van der Waals surface area contributed by atoms with Crippen molar-refractivity contribution in [2.75, 3.05) is 6.54 Å². The molecule has 2 unspecified atom stereocenters. The summed E-state index contributed by atoms with van der Waals surface area (Å²) >= 11 is 1.95. The molecular formula is C10H15NOS. The molecule has 0 radical (unpaired) electrons. The van der Waals surface area contributed by atoms with E-state index in [1.807, 2.05) is 17.8 Å². The number of rotatable bonds is 1. The number of aryl methyl sites for hydroxylation is 1. The molecule has 2 heterocycles. The average molecular weight is 197 g/mol. The van der Waals surface area contributed by atoms with Crippen LogP contribution in [0.2, 0.25) is 0 Å². The fraction of sp³-hybridized carbons (Fsp3) is 0.600. The highest BCUT2D eigenvalue weighted by molar-refractivity contribution is 8.00. The monoisotopic (exact) mass is 197 g/mol. The maximum Gasteiger partial charge on any atom is 0.133 e. The van der Waals surface area contributed by atoms with Gasteiger partial charge >= 0.3 is 0 Å². The molecule has 1 fully saturated rings. The van der Waals surface area contributed by atoms with Crippen LogP contribution in [0.3, 0.4) is 0 Å². The Morgan fingerprint density at radius 1 is 1.62 bits per heavy atom. The van der Waals surface area contributed by atoms with Crippen LogP contribution in [0.1, 0.15) is 30.0 Å². The Kier molecular flexibility index (Phi) is 2.65. The molecule has 1 aliphatic heterocycles. The van der Waals surface area contributed by atoms with Crippen molar-refractivity contribution in [3.8, 4) is 0 Å². The van der Waals surface area contributed by atoms with Crippen LogP contribution in [0.15, 0.2) is 16.7 Å². The molecule has 72 valence electrons. The normalized spacial score (nSPS) is 29.1. The second-order valence-electron chi connectivity index (χ2n) is 3.54. The first kappa shape index (κ1) is 9.16. The molecule has 1 saturated heterocycles. The fourth-order valence-electron chi connectivity index (χ4n) is 1.57. The molecule has 0 saturated carbocycles. The van der Waals surface area contributed by atoms with Crippen LogP contribution in [0, 0.1) is 6.92 Å². The predicted molar refractivity (Wildman–Crippen MR) is 55.9 cm³/mol. The van der Waals surface area contributed by atoms with E-state index in [-0.39, 0.29) is 0 Å². The van der Waals surface area contributed by atoms with Crippen molar-refractivity contribution in [3.63, 3.8) is 0 Å². The lowest BCUT2D eigenvalue weighted by Crippen LogP contribution is -2.28. The number of hydrogen-bond acceptors (Lipinski definition) is 3. The molecule has 3 heteroatoms.